The Bertz CT molecular complexity index is 1770. The summed E-state index contributed by atoms with van der Waals surface area (Å²) in [7, 11) is -5.84. The van der Waals surface area contributed by atoms with Crippen molar-refractivity contribution in [3.63, 3.8) is 0 Å². The number of nitrogens with one attached hydrogen (secondary N) is 1. The first-order chi connectivity index (χ1) is 21.4. The zero-order valence-electron chi connectivity index (χ0n) is 26.1. The Balaban J connectivity index is 0.00000107. The molecule has 1 amide bonds. The van der Waals surface area contributed by atoms with Gasteiger partial charge < -0.3 is 25.3 Å². The maximum absolute atomic E-state index is 14.2. The maximum Gasteiger partial charge on any atom is 0.417 e. The van der Waals surface area contributed by atoms with Gasteiger partial charge in [0.25, 0.3) is 10.1 Å². The SMILES string of the molecule is COC(=O)Nc1cc(C(F)(F)F)c(-c2nc(N3CCOCC3)c3cc(CN4CCN(S(C)(=O)=O)CC4)cn3n2)cn1.CS(=O)(=O)O.O.O. The molecule has 2 aliphatic rings. The number of hydrogen-bond donors (Lipinski definition) is 2. The van der Waals surface area contributed by atoms with Gasteiger partial charge >= 0.3 is 12.3 Å². The number of aromatic nitrogens is 4. The molecule has 2 fully saturated rings. The highest BCUT2D eigenvalue weighted by Gasteiger charge is 2.36. The molecule has 0 spiro atoms. The standard InChI is InChI=1S/C24H29F3N8O5S.CH4O3S.2H2O/c1-39-23(36)29-20-12-18(24(25,26)27)17(13-28-20)21-30-22(33-7-9-40-10-8-33)19-11-16(15-35(19)31-21)14-32-3-5-34(6-4-32)41(2,37)38;1-5(2,3)4;;/h11-13,15H,3-10,14H2,1-2H3,(H,28,29,36);1H3,(H,2,3,4);2*1H2. The Labute approximate surface area is 273 Å². The van der Waals surface area contributed by atoms with Crippen molar-refractivity contribution in [2.45, 2.75) is 12.7 Å². The van der Waals surface area contributed by atoms with Gasteiger partial charge in [0.15, 0.2) is 11.6 Å². The van der Waals surface area contributed by atoms with Gasteiger partial charge in [-0.15, -0.1) is 5.10 Å². The maximum atomic E-state index is 14.2. The van der Waals surface area contributed by atoms with Crippen LogP contribution < -0.4 is 10.2 Å². The second-order valence-electron chi connectivity index (χ2n) is 10.4. The Morgan fingerprint density at radius 3 is 2.19 bits per heavy atom. The zero-order chi connectivity index (χ0) is 33.9. The third-order valence-electron chi connectivity index (χ3n) is 6.88. The van der Waals surface area contributed by atoms with Crippen molar-refractivity contribution in [3.05, 3.63) is 35.7 Å². The summed E-state index contributed by atoms with van der Waals surface area (Å²) in [4.78, 5) is 24.1. The van der Waals surface area contributed by atoms with Gasteiger partial charge in [-0.2, -0.15) is 25.9 Å². The average Bonchev–Trinajstić information content (AvgIpc) is 3.38. The number of ether oxygens (including phenoxy) is 2. The summed E-state index contributed by atoms with van der Waals surface area (Å²) in [5.41, 5.74) is 0.0512. The van der Waals surface area contributed by atoms with Gasteiger partial charge in [-0.1, -0.05) is 0 Å². The number of pyridine rings is 1. The van der Waals surface area contributed by atoms with Crippen LogP contribution in [0.5, 0.6) is 0 Å². The summed E-state index contributed by atoms with van der Waals surface area (Å²) >= 11 is 0. The molecule has 3 aromatic heterocycles. The summed E-state index contributed by atoms with van der Waals surface area (Å²) in [5.74, 6) is -0.0645. The highest BCUT2D eigenvalue weighted by atomic mass is 32.2. The van der Waals surface area contributed by atoms with Crippen LogP contribution in [0, 0.1) is 0 Å². The predicted molar refractivity (Wildman–Crippen MR) is 167 cm³/mol. The number of nitrogens with zero attached hydrogens (tertiary/aromatic N) is 7. The molecule has 48 heavy (non-hydrogen) atoms. The van der Waals surface area contributed by atoms with E-state index >= 15 is 0 Å². The van der Waals surface area contributed by atoms with Gasteiger partial charge in [-0.3, -0.25) is 14.8 Å². The number of sulfonamides is 1. The first-order valence-electron chi connectivity index (χ1n) is 13.7. The van der Waals surface area contributed by atoms with Crippen molar-refractivity contribution in [1.29, 1.82) is 0 Å². The van der Waals surface area contributed by atoms with Crippen LogP contribution >= 0.6 is 0 Å². The van der Waals surface area contributed by atoms with E-state index < -0.39 is 38.0 Å². The number of morpholine rings is 1. The quantitative estimate of drug-likeness (QED) is 0.311. The van der Waals surface area contributed by atoms with Gasteiger partial charge in [0.1, 0.15) is 11.3 Å². The minimum Gasteiger partial charge on any atom is -0.453 e. The highest BCUT2D eigenvalue weighted by molar-refractivity contribution is 7.88. The fourth-order valence-electron chi connectivity index (χ4n) is 4.82. The third-order valence-corrected chi connectivity index (χ3v) is 8.19. The number of piperazine rings is 1. The van der Waals surface area contributed by atoms with Gasteiger partial charge in [-0.05, 0) is 17.7 Å². The summed E-state index contributed by atoms with van der Waals surface area (Å²) in [6.45, 7) is 4.20. The fourth-order valence-corrected chi connectivity index (χ4v) is 5.64. The number of methoxy groups -OCH3 is 1. The zero-order valence-corrected chi connectivity index (χ0v) is 27.7. The largest absolute Gasteiger partial charge is 0.453 e. The second kappa shape index (κ2) is 16.1. The van der Waals surface area contributed by atoms with Crippen LogP contribution in [-0.2, 0) is 42.3 Å². The molecule has 270 valence electrons. The average molecular weight is 731 g/mol. The molecule has 0 atom stereocenters. The molecular weight excluding hydrogens is 693 g/mol. The third kappa shape index (κ3) is 10.9. The predicted octanol–water partition coefficient (Wildman–Crippen LogP) is -0.243. The molecule has 2 saturated heterocycles. The number of halogens is 3. The minimum atomic E-state index is -4.79. The van der Waals surface area contributed by atoms with E-state index in [0.717, 1.165) is 18.9 Å². The lowest BCUT2D eigenvalue weighted by molar-refractivity contribution is -0.137. The Morgan fingerprint density at radius 1 is 1.04 bits per heavy atom. The van der Waals surface area contributed by atoms with E-state index in [1.54, 1.807) is 6.20 Å². The normalized spacial score (nSPS) is 16.3. The summed E-state index contributed by atoms with van der Waals surface area (Å²) in [5, 5.41) is 6.58. The number of rotatable bonds is 6. The number of amides is 1. The van der Waals surface area contributed by atoms with Crippen LogP contribution in [0.4, 0.5) is 29.6 Å². The van der Waals surface area contributed by atoms with E-state index in [9.17, 15) is 34.8 Å². The topological polar surface area (TPSA) is 252 Å². The summed E-state index contributed by atoms with van der Waals surface area (Å²) in [6.07, 6.45) is -1.13. The van der Waals surface area contributed by atoms with E-state index in [1.807, 2.05) is 11.0 Å². The number of alkyl halides is 3. The molecule has 18 nitrogen and oxygen atoms in total. The number of carbonyl (C=O) groups is 1. The van der Waals surface area contributed by atoms with Crippen molar-refractivity contribution < 1.29 is 59.8 Å². The molecule has 5 rings (SSSR count). The summed E-state index contributed by atoms with van der Waals surface area (Å²) < 4.78 is 105. The van der Waals surface area contributed by atoms with Crippen molar-refractivity contribution in [1.82, 2.24) is 28.8 Å². The molecular formula is C25H37F3N8O10S2. The molecule has 0 bridgehead atoms. The van der Waals surface area contributed by atoms with Crippen LogP contribution in [0.2, 0.25) is 0 Å². The van der Waals surface area contributed by atoms with Crippen molar-refractivity contribution in [2.75, 3.05) is 82.3 Å². The highest BCUT2D eigenvalue weighted by Crippen LogP contribution is 2.38. The van der Waals surface area contributed by atoms with Crippen molar-refractivity contribution in [3.8, 4) is 11.4 Å². The van der Waals surface area contributed by atoms with Crippen molar-refractivity contribution in [2.24, 2.45) is 0 Å². The molecule has 0 aromatic carbocycles. The molecule has 0 saturated carbocycles. The molecule has 3 aromatic rings. The van der Waals surface area contributed by atoms with E-state index in [0.29, 0.717) is 82.7 Å². The van der Waals surface area contributed by atoms with Crippen molar-refractivity contribution >= 4 is 43.4 Å². The van der Waals surface area contributed by atoms with Gasteiger partial charge in [0, 0.05) is 58.2 Å². The van der Waals surface area contributed by atoms with Gasteiger partial charge in [0.2, 0.25) is 10.0 Å². The first-order valence-corrected chi connectivity index (χ1v) is 17.4. The second-order valence-corrected chi connectivity index (χ2v) is 13.9. The lowest BCUT2D eigenvalue weighted by atomic mass is 10.1. The Morgan fingerprint density at radius 2 is 1.65 bits per heavy atom. The minimum absolute atomic E-state index is 0. The molecule has 23 heteroatoms. The Hall–Kier alpha value is -3.71. The van der Waals surface area contributed by atoms with Crippen LogP contribution in [0.25, 0.3) is 16.9 Å². The van der Waals surface area contributed by atoms with Crippen LogP contribution in [0.3, 0.4) is 0 Å². The molecule has 0 radical (unpaired) electrons. The molecule has 5 heterocycles. The molecule has 2 aliphatic heterocycles. The number of hydrogen-bond acceptors (Lipinski definition) is 12. The van der Waals surface area contributed by atoms with Crippen LogP contribution in [0.1, 0.15) is 11.1 Å². The van der Waals surface area contributed by atoms with E-state index in [4.69, 9.17) is 9.29 Å². The van der Waals surface area contributed by atoms with E-state index in [2.05, 4.69) is 30.0 Å². The van der Waals surface area contributed by atoms with E-state index in [-0.39, 0.29) is 28.2 Å². The Kier molecular flexibility index (Phi) is 13.6. The smallest absolute Gasteiger partial charge is 0.417 e. The van der Waals surface area contributed by atoms with E-state index in [1.165, 1.54) is 15.1 Å². The number of anilines is 2. The lowest BCUT2D eigenvalue weighted by Gasteiger charge is -2.32. The monoisotopic (exact) mass is 730 g/mol. The lowest BCUT2D eigenvalue weighted by Crippen LogP contribution is -2.47. The molecule has 0 aliphatic carbocycles. The first kappa shape index (κ1) is 40.5. The number of fused-ring (bicyclic) bond motifs is 1. The number of carbonyl (C=O) groups excluding carboxylic acids is 1. The van der Waals surface area contributed by atoms with Crippen LogP contribution in [0.15, 0.2) is 24.5 Å². The van der Waals surface area contributed by atoms with Crippen LogP contribution in [-0.4, -0.2) is 139 Å². The fraction of sp³-hybridized carbons (Fsp3) is 0.520. The van der Waals surface area contributed by atoms with Gasteiger partial charge in [0.05, 0.1) is 44.0 Å². The molecule has 6 N–H and O–H groups in total. The van der Waals surface area contributed by atoms with Gasteiger partial charge in [-0.25, -0.2) is 27.7 Å². The molecule has 0 unspecified atom stereocenters. The summed E-state index contributed by atoms with van der Waals surface area (Å²) in [6, 6.07) is 2.61.